The fourth-order valence-electron chi connectivity index (χ4n) is 3.21. The van der Waals surface area contributed by atoms with Gasteiger partial charge in [0.1, 0.15) is 0 Å². The van der Waals surface area contributed by atoms with Gasteiger partial charge in [-0.2, -0.15) is 0 Å². The number of rotatable bonds is 3. The molecule has 2 saturated carbocycles. The quantitative estimate of drug-likeness (QED) is 0.803. The molecule has 0 radical (unpaired) electrons. The Bertz CT molecular complexity index is 378. The first-order valence-electron chi connectivity index (χ1n) is 7.33. The second kappa shape index (κ2) is 5.41. The van der Waals surface area contributed by atoms with Crippen LogP contribution in [0.15, 0.2) is 30.3 Å². The number of benzene rings is 1. The average molecular weight is 245 g/mol. The molecule has 2 aliphatic carbocycles. The van der Waals surface area contributed by atoms with Crippen LogP contribution >= 0.6 is 0 Å². The Morgan fingerprint density at radius 3 is 2.56 bits per heavy atom. The molecule has 98 valence electrons. The van der Waals surface area contributed by atoms with E-state index in [0.29, 0.717) is 18.0 Å². The highest BCUT2D eigenvalue weighted by Crippen LogP contribution is 2.41. The van der Waals surface area contributed by atoms with Gasteiger partial charge in [0.2, 0.25) is 0 Å². The van der Waals surface area contributed by atoms with Gasteiger partial charge in [0.05, 0.1) is 6.10 Å². The van der Waals surface area contributed by atoms with E-state index >= 15 is 0 Å². The number of aliphatic hydroxyl groups is 1. The maximum atomic E-state index is 10.1. The summed E-state index contributed by atoms with van der Waals surface area (Å²) in [6, 6.07) is 11.7. The molecule has 2 heteroatoms. The number of hydrogen-bond acceptors (Lipinski definition) is 2. The van der Waals surface area contributed by atoms with Gasteiger partial charge in [0.25, 0.3) is 0 Å². The van der Waals surface area contributed by atoms with Crippen LogP contribution in [0, 0.1) is 0 Å². The fraction of sp³-hybridized carbons (Fsp3) is 0.625. The number of aliphatic hydroxyl groups excluding tert-OH is 1. The lowest BCUT2D eigenvalue weighted by Crippen LogP contribution is -2.40. The van der Waals surface area contributed by atoms with Crippen molar-refractivity contribution in [1.82, 2.24) is 5.32 Å². The van der Waals surface area contributed by atoms with E-state index in [4.69, 9.17) is 0 Å². The zero-order valence-electron chi connectivity index (χ0n) is 10.9. The normalized spacial score (nSPS) is 36.1. The Balaban J connectivity index is 1.55. The van der Waals surface area contributed by atoms with E-state index in [-0.39, 0.29) is 6.10 Å². The van der Waals surface area contributed by atoms with Crippen LogP contribution in [0.2, 0.25) is 0 Å². The van der Waals surface area contributed by atoms with Crippen molar-refractivity contribution in [3.05, 3.63) is 35.9 Å². The molecule has 1 aromatic rings. The van der Waals surface area contributed by atoms with Gasteiger partial charge in [0.15, 0.2) is 0 Å². The third kappa shape index (κ3) is 2.76. The van der Waals surface area contributed by atoms with Crippen LogP contribution in [-0.2, 0) is 0 Å². The monoisotopic (exact) mass is 245 g/mol. The molecule has 0 aromatic heterocycles. The van der Waals surface area contributed by atoms with Crippen molar-refractivity contribution in [2.24, 2.45) is 0 Å². The summed E-state index contributed by atoms with van der Waals surface area (Å²) in [4.78, 5) is 0. The van der Waals surface area contributed by atoms with Crippen molar-refractivity contribution < 1.29 is 5.11 Å². The van der Waals surface area contributed by atoms with Crippen molar-refractivity contribution in [2.75, 3.05) is 0 Å². The van der Waals surface area contributed by atoms with E-state index in [1.807, 2.05) is 0 Å². The van der Waals surface area contributed by atoms with Crippen LogP contribution in [0.4, 0.5) is 0 Å². The van der Waals surface area contributed by atoms with Gasteiger partial charge in [-0.05, 0) is 24.8 Å². The van der Waals surface area contributed by atoms with Crippen LogP contribution in [0.25, 0.3) is 0 Å². The Hall–Kier alpha value is -0.860. The molecule has 3 rings (SSSR count). The van der Waals surface area contributed by atoms with Crippen LogP contribution in [-0.4, -0.2) is 23.3 Å². The Labute approximate surface area is 109 Å². The first-order valence-corrected chi connectivity index (χ1v) is 7.33. The van der Waals surface area contributed by atoms with E-state index in [9.17, 15) is 5.11 Å². The summed E-state index contributed by atoms with van der Waals surface area (Å²) >= 11 is 0. The third-order valence-corrected chi connectivity index (χ3v) is 4.43. The smallest absolute Gasteiger partial charge is 0.0693 e. The molecule has 2 N–H and O–H groups in total. The fourth-order valence-corrected chi connectivity index (χ4v) is 3.21. The molecule has 0 aliphatic heterocycles. The van der Waals surface area contributed by atoms with Gasteiger partial charge in [-0.15, -0.1) is 0 Å². The number of nitrogens with one attached hydrogen (secondary N) is 1. The lowest BCUT2D eigenvalue weighted by atomic mass is 10.1. The molecule has 0 bridgehead atoms. The maximum Gasteiger partial charge on any atom is 0.0693 e. The topological polar surface area (TPSA) is 32.3 Å². The standard InChI is InChI=1S/C16H23NO/c18-16-10-6-2-5-9-14(16)17-15-11-13(15)12-7-3-1-4-8-12/h1,3-4,7-8,13-18H,2,5-6,9-11H2. The van der Waals surface area contributed by atoms with Gasteiger partial charge in [-0.1, -0.05) is 49.6 Å². The minimum atomic E-state index is -0.135. The SMILES string of the molecule is OC1CCCCCC1NC1CC1c1ccccc1. The van der Waals surface area contributed by atoms with Crippen molar-refractivity contribution in [1.29, 1.82) is 0 Å². The summed E-state index contributed by atoms with van der Waals surface area (Å²) in [5.41, 5.74) is 1.44. The van der Waals surface area contributed by atoms with Crippen LogP contribution in [0.3, 0.4) is 0 Å². The summed E-state index contributed by atoms with van der Waals surface area (Å²) in [5, 5.41) is 13.8. The minimum absolute atomic E-state index is 0.135. The molecule has 4 atom stereocenters. The zero-order valence-corrected chi connectivity index (χ0v) is 10.9. The predicted octanol–water partition coefficient (Wildman–Crippen LogP) is 2.83. The third-order valence-electron chi connectivity index (χ3n) is 4.43. The van der Waals surface area contributed by atoms with E-state index in [1.165, 1.54) is 31.2 Å². The highest BCUT2D eigenvalue weighted by atomic mass is 16.3. The highest BCUT2D eigenvalue weighted by molar-refractivity contribution is 5.27. The largest absolute Gasteiger partial charge is 0.392 e. The van der Waals surface area contributed by atoms with Gasteiger partial charge in [-0.3, -0.25) is 0 Å². The average Bonchev–Trinajstić information content (AvgIpc) is 3.18. The molecule has 2 aliphatic rings. The summed E-state index contributed by atoms with van der Waals surface area (Å²) in [7, 11) is 0. The molecule has 4 unspecified atom stereocenters. The predicted molar refractivity (Wildman–Crippen MR) is 73.6 cm³/mol. The molecule has 18 heavy (non-hydrogen) atoms. The molecule has 1 aromatic carbocycles. The van der Waals surface area contributed by atoms with Gasteiger partial charge >= 0.3 is 0 Å². The Morgan fingerprint density at radius 2 is 1.72 bits per heavy atom. The lowest BCUT2D eigenvalue weighted by Gasteiger charge is -2.22. The molecular formula is C16H23NO. The van der Waals surface area contributed by atoms with Crippen molar-refractivity contribution >= 4 is 0 Å². The van der Waals surface area contributed by atoms with Crippen LogP contribution in [0.1, 0.15) is 50.0 Å². The highest BCUT2D eigenvalue weighted by Gasteiger charge is 2.40. The second-order valence-corrected chi connectivity index (χ2v) is 5.84. The van der Waals surface area contributed by atoms with Gasteiger partial charge in [-0.25, -0.2) is 0 Å². The van der Waals surface area contributed by atoms with Crippen LogP contribution in [0.5, 0.6) is 0 Å². The summed E-state index contributed by atoms with van der Waals surface area (Å²) in [5.74, 6) is 0.668. The minimum Gasteiger partial charge on any atom is -0.392 e. The molecule has 2 nitrogen and oxygen atoms in total. The first-order chi connectivity index (χ1) is 8.84. The van der Waals surface area contributed by atoms with Gasteiger partial charge in [0, 0.05) is 18.0 Å². The van der Waals surface area contributed by atoms with Crippen LogP contribution < -0.4 is 5.32 Å². The maximum absolute atomic E-state index is 10.1. The summed E-state index contributed by atoms with van der Waals surface area (Å²) in [6.07, 6.45) is 6.93. The molecule has 0 saturated heterocycles. The summed E-state index contributed by atoms with van der Waals surface area (Å²) in [6.45, 7) is 0. The first kappa shape index (κ1) is 12.2. The molecule has 0 amide bonds. The molecule has 0 heterocycles. The molecular weight excluding hydrogens is 222 g/mol. The lowest BCUT2D eigenvalue weighted by molar-refractivity contribution is 0.119. The Kier molecular flexibility index (Phi) is 3.67. The van der Waals surface area contributed by atoms with E-state index in [0.717, 1.165) is 12.8 Å². The van der Waals surface area contributed by atoms with Crippen molar-refractivity contribution in [3.8, 4) is 0 Å². The van der Waals surface area contributed by atoms with Crippen molar-refractivity contribution in [3.63, 3.8) is 0 Å². The molecule has 0 spiro atoms. The number of hydrogen-bond donors (Lipinski definition) is 2. The second-order valence-electron chi connectivity index (χ2n) is 5.84. The zero-order chi connectivity index (χ0) is 12.4. The van der Waals surface area contributed by atoms with E-state index in [2.05, 4.69) is 35.6 Å². The molecule has 2 fully saturated rings. The van der Waals surface area contributed by atoms with Crippen molar-refractivity contribution in [2.45, 2.75) is 62.6 Å². The summed E-state index contributed by atoms with van der Waals surface area (Å²) < 4.78 is 0. The van der Waals surface area contributed by atoms with E-state index in [1.54, 1.807) is 0 Å². The van der Waals surface area contributed by atoms with Gasteiger partial charge < -0.3 is 10.4 Å². The van der Waals surface area contributed by atoms with E-state index < -0.39 is 0 Å². The Morgan fingerprint density at radius 1 is 0.944 bits per heavy atom.